The summed E-state index contributed by atoms with van der Waals surface area (Å²) in [6.07, 6.45) is 1.80. The van der Waals surface area contributed by atoms with Gasteiger partial charge in [0.25, 0.3) is 5.91 Å². The van der Waals surface area contributed by atoms with E-state index in [2.05, 4.69) is 10.3 Å². The van der Waals surface area contributed by atoms with E-state index in [1.165, 1.54) is 0 Å². The van der Waals surface area contributed by atoms with Gasteiger partial charge in [-0.1, -0.05) is 19.9 Å². The van der Waals surface area contributed by atoms with Gasteiger partial charge in [0, 0.05) is 11.3 Å². The van der Waals surface area contributed by atoms with Gasteiger partial charge < -0.3 is 14.8 Å². The molecule has 0 aliphatic rings. The van der Waals surface area contributed by atoms with Crippen molar-refractivity contribution < 1.29 is 14.3 Å². The van der Waals surface area contributed by atoms with Crippen LogP contribution in [-0.4, -0.2) is 24.1 Å². The first-order valence-corrected chi connectivity index (χ1v) is 8.28. The number of hydrogen-bond donors (Lipinski definition) is 1. The summed E-state index contributed by atoms with van der Waals surface area (Å²) in [5.74, 6) is 1.56. The van der Waals surface area contributed by atoms with E-state index in [9.17, 15) is 4.79 Å². The molecular weight excluding hydrogens is 304 g/mol. The van der Waals surface area contributed by atoms with E-state index < -0.39 is 0 Å². The van der Waals surface area contributed by atoms with E-state index >= 15 is 0 Å². The van der Waals surface area contributed by atoms with Crippen molar-refractivity contribution in [3.63, 3.8) is 0 Å². The smallest absolute Gasteiger partial charge is 0.256 e. The molecule has 1 N–H and O–H groups in total. The van der Waals surface area contributed by atoms with Gasteiger partial charge in [-0.3, -0.25) is 4.79 Å². The molecule has 0 spiro atoms. The van der Waals surface area contributed by atoms with Crippen LogP contribution in [0.3, 0.4) is 0 Å². The first-order chi connectivity index (χ1) is 11.6. The molecule has 2 rings (SSSR count). The van der Waals surface area contributed by atoms with Crippen LogP contribution in [-0.2, 0) is 0 Å². The van der Waals surface area contributed by atoms with Gasteiger partial charge >= 0.3 is 0 Å². The second-order valence-electron chi connectivity index (χ2n) is 5.48. The topological polar surface area (TPSA) is 60.5 Å². The molecule has 0 aliphatic carbocycles. The number of aromatic nitrogens is 1. The van der Waals surface area contributed by atoms with E-state index in [0.717, 1.165) is 18.5 Å². The number of nitrogens with zero attached hydrogens (tertiary/aromatic N) is 1. The highest BCUT2D eigenvalue weighted by Gasteiger charge is 2.12. The highest BCUT2D eigenvalue weighted by Crippen LogP contribution is 2.29. The Morgan fingerprint density at radius 1 is 1.04 bits per heavy atom. The molecular formula is C19H24N2O3. The summed E-state index contributed by atoms with van der Waals surface area (Å²) in [7, 11) is 0. The third-order valence-corrected chi connectivity index (χ3v) is 3.26. The van der Waals surface area contributed by atoms with Crippen LogP contribution in [0.25, 0.3) is 0 Å². The molecule has 1 amide bonds. The molecule has 0 unspecified atom stereocenters. The van der Waals surface area contributed by atoms with Crippen LogP contribution in [0, 0.1) is 6.92 Å². The third-order valence-electron chi connectivity index (χ3n) is 3.26. The van der Waals surface area contributed by atoms with Crippen molar-refractivity contribution in [2.75, 3.05) is 18.5 Å². The molecule has 0 saturated carbocycles. The number of amides is 1. The number of carbonyl (C=O) groups excluding carboxylic acids is 1. The van der Waals surface area contributed by atoms with Crippen LogP contribution in [0.2, 0.25) is 0 Å². The van der Waals surface area contributed by atoms with Crippen molar-refractivity contribution in [1.82, 2.24) is 4.98 Å². The van der Waals surface area contributed by atoms with Gasteiger partial charge in [-0.05, 0) is 50.1 Å². The van der Waals surface area contributed by atoms with Crippen LogP contribution in [0.4, 0.5) is 5.82 Å². The number of ether oxygens (including phenoxy) is 2. The Bertz CT molecular complexity index is 686. The normalized spacial score (nSPS) is 10.3. The van der Waals surface area contributed by atoms with E-state index in [1.807, 2.05) is 32.9 Å². The van der Waals surface area contributed by atoms with Crippen LogP contribution >= 0.6 is 0 Å². The van der Waals surface area contributed by atoms with Gasteiger partial charge in [0.05, 0.1) is 13.2 Å². The lowest BCUT2D eigenvalue weighted by molar-refractivity contribution is 0.102. The summed E-state index contributed by atoms with van der Waals surface area (Å²) in [4.78, 5) is 16.7. The van der Waals surface area contributed by atoms with Crippen molar-refractivity contribution in [2.45, 2.75) is 33.6 Å². The average molecular weight is 328 g/mol. The number of aryl methyl sites for hydroxylation is 1. The van der Waals surface area contributed by atoms with Crippen LogP contribution < -0.4 is 14.8 Å². The lowest BCUT2D eigenvalue weighted by Gasteiger charge is -2.13. The fourth-order valence-electron chi connectivity index (χ4n) is 2.11. The Hall–Kier alpha value is -2.56. The average Bonchev–Trinajstić information content (AvgIpc) is 2.58. The zero-order valence-corrected chi connectivity index (χ0v) is 14.5. The first kappa shape index (κ1) is 17.8. The van der Waals surface area contributed by atoms with Crippen molar-refractivity contribution in [3.8, 4) is 11.5 Å². The number of anilines is 1. The molecule has 24 heavy (non-hydrogen) atoms. The van der Waals surface area contributed by atoms with E-state index in [1.54, 1.807) is 24.3 Å². The summed E-state index contributed by atoms with van der Waals surface area (Å²) >= 11 is 0. The molecule has 0 saturated heterocycles. The summed E-state index contributed by atoms with van der Waals surface area (Å²) in [5.41, 5.74) is 1.36. The molecule has 1 heterocycles. The molecule has 5 heteroatoms. The van der Waals surface area contributed by atoms with E-state index in [-0.39, 0.29) is 5.91 Å². The van der Waals surface area contributed by atoms with E-state index in [0.29, 0.717) is 36.1 Å². The molecule has 1 aromatic heterocycles. The van der Waals surface area contributed by atoms with E-state index in [4.69, 9.17) is 9.47 Å². The second kappa shape index (κ2) is 8.91. The zero-order chi connectivity index (χ0) is 17.4. The highest BCUT2D eigenvalue weighted by atomic mass is 16.5. The molecule has 5 nitrogen and oxygen atoms in total. The molecule has 0 aliphatic heterocycles. The predicted octanol–water partition coefficient (Wildman–Crippen LogP) is 4.22. The lowest BCUT2D eigenvalue weighted by Crippen LogP contribution is -2.13. The number of nitrogens with one attached hydrogen (secondary N) is 1. The summed E-state index contributed by atoms with van der Waals surface area (Å²) < 4.78 is 11.4. The SMILES string of the molecule is CCCOc1ccc(C(=O)Nc2cccc(C)n2)cc1OCCC. The number of rotatable bonds is 8. The second-order valence-corrected chi connectivity index (χ2v) is 5.48. The largest absolute Gasteiger partial charge is 0.490 e. The molecule has 0 radical (unpaired) electrons. The summed E-state index contributed by atoms with van der Waals surface area (Å²) in [5, 5.41) is 2.80. The third kappa shape index (κ3) is 4.98. The molecule has 0 atom stereocenters. The van der Waals surface area contributed by atoms with Gasteiger partial charge in [-0.15, -0.1) is 0 Å². The van der Waals surface area contributed by atoms with Gasteiger partial charge in [0.15, 0.2) is 11.5 Å². The minimum absolute atomic E-state index is 0.225. The number of carbonyl (C=O) groups is 1. The van der Waals surface area contributed by atoms with Crippen LogP contribution in [0.1, 0.15) is 42.7 Å². The quantitative estimate of drug-likeness (QED) is 0.788. The Morgan fingerprint density at radius 3 is 2.42 bits per heavy atom. The molecule has 1 aromatic carbocycles. The summed E-state index contributed by atoms with van der Waals surface area (Å²) in [6.45, 7) is 7.15. The number of hydrogen-bond acceptors (Lipinski definition) is 4. The van der Waals surface area contributed by atoms with Crippen LogP contribution in [0.15, 0.2) is 36.4 Å². The molecule has 0 fully saturated rings. The standard InChI is InChI=1S/C19H24N2O3/c1-4-11-23-16-10-9-15(13-17(16)24-12-5-2)19(22)21-18-8-6-7-14(3)20-18/h6-10,13H,4-5,11-12H2,1-3H3,(H,20,21,22). The van der Waals surface area contributed by atoms with Crippen molar-refractivity contribution >= 4 is 11.7 Å². The van der Waals surface area contributed by atoms with Crippen molar-refractivity contribution in [1.29, 1.82) is 0 Å². The van der Waals surface area contributed by atoms with Gasteiger partial charge in [0.2, 0.25) is 0 Å². The highest BCUT2D eigenvalue weighted by molar-refractivity contribution is 6.04. The Morgan fingerprint density at radius 2 is 1.75 bits per heavy atom. The monoisotopic (exact) mass is 328 g/mol. The van der Waals surface area contributed by atoms with Gasteiger partial charge in [0.1, 0.15) is 5.82 Å². The Labute approximate surface area is 143 Å². The first-order valence-electron chi connectivity index (χ1n) is 8.28. The van der Waals surface area contributed by atoms with Gasteiger partial charge in [-0.2, -0.15) is 0 Å². The summed E-state index contributed by atoms with van der Waals surface area (Å²) in [6, 6.07) is 10.7. The Kier molecular flexibility index (Phi) is 6.61. The van der Waals surface area contributed by atoms with Gasteiger partial charge in [-0.25, -0.2) is 4.98 Å². The predicted molar refractivity (Wildman–Crippen MR) is 94.9 cm³/mol. The van der Waals surface area contributed by atoms with Crippen molar-refractivity contribution in [2.24, 2.45) is 0 Å². The minimum Gasteiger partial charge on any atom is -0.490 e. The number of pyridine rings is 1. The fourth-order valence-corrected chi connectivity index (χ4v) is 2.11. The molecule has 2 aromatic rings. The Balaban J connectivity index is 2.17. The maximum atomic E-state index is 12.4. The molecule has 128 valence electrons. The zero-order valence-electron chi connectivity index (χ0n) is 14.5. The minimum atomic E-state index is -0.225. The maximum absolute atomic E-state index is 12.4. The van der Waals surface area contributed by atoms with Crippen molar-refractivity contribution in [3.05, 3.63) is 47.7 Å². The van der Waals surface area contributed by atoms with Crippen LogP contribution in [0.5, 0.6) is 11.5 Å². The lowest BCUT2D eigenvalue weighted by atomic mass is 10.2. The molecule has 0 bridgehead atoms. The maximum Gasteiger partial charge on any atom is 0.256 e. The number of benzene rings is 1. The fraction of sp³-hybridized carbons (Fsp3) is 0.368.